The molecule has 0 atom stereocenters. The summed E-state index contributed by atoms with van der Waals surface area (Å²) in [6, 6.07) is 5.04. The molecule has 0 aliphatic heterocycles. The average molecular weight is 279 g/mol. The molecule has 1 aromatic carbocycles. The number of carbonyl (C=O) groups is 1. The molecule has 2 nitrogen and oxygen atoms in total. The molecule has 0 aromatic heterocycles. The highest BCUT2D eigenvalue weighted by Crippen LogP contribution is 2.24. The number of anilines is 1. The largest absolute Gasteiger partial charge is 0.324 e. The highest BCUT2D eigenvalue weighted by Gasteiger charge is 2.18. The number of amides is 1. The molecule has 0 aliphatic rings. The van der Waals surface area contributed by atoms with Crippen LogP contribution in [0.15, 0.2) is 18.2 Å². The molecule has 112 valence electrons. The fraction of sp³-hybridized carbons (Fsp3) is 0.588. The average Bonchev–Trinajstić information content (AvgIpc) is 2.17. The van der Waals surface area contributed by atoms with Gasteiger partial charge in [0.05, 0.1) is 5.69 Å². The third-order valence-electron chi connectivity index (χ3n) is 2.73. The van der Waals surface area contributed by atoms with Crippen LogP contribution in [0.25, 0.3) is 0 Å². The van der Waals surface area contributed by atoms with Gasteiger partial charge in [-0.1, -0.05) is 47.6 Å². The summed E-state index contributed by atoms with van der Waals surface area (Å²) in [5.41, 5.74) is 1.22. The lowest BCUT2D eigenvalue weighted by Crippen LogP contribution is -2.20. The van der Waals surface area contributed by atoms with E-state index in [4.69, 9.17) is 0 Å². The minimum Gasteiger partial charge on any atom is -0.324 e. The predicted octanol–water partition coefficient (Wildman–Crippen LogP) is 4.79. The van der Waals surface area contributed by atoms with Crippen molar-refractivity contribution in [3.63, 3.8) is 0 Å². The van der Waals surface area contributed by atoms with E-state index in [2.05, 4.69) is 26.1 Å². The topological polar surface area (TPSA) is 29.1 Å². The molecule has 0 heterocycles. The predicted molar refractivity (Wildman–Crippen MR) is 82.3 cm³/mol. The zero-order chi connectivity index (χ0) is 15.6. The number of carbonyl (C=O) groups excluding carboxylic acids is 1. The summed E-state index contributed by atoms with van der Waals surface area (Å²) in [5, 5.41) is 2.64. The second-order valence-corrected chi connectivity index (χ2v) is 7.84. The zero-order valence-electron chi connectivity index (χ0n) is 13.4. The van der Waals surface area contributed by atoms with Crippen molar-refractivity contribution < 1.29 is 9.18 Å². The van der Waals surface area contributed by atoms with E-state index in [0.717, 1.165) is 12.0 Å². The quantitative estimate of drug-likeness (QED) is 0.847. The molecule has 1 rings (SSSR count). The van der Waals surface area contributed by atoms with Crippen LogP contribution in [0.1, 0.15) is 53.5 Å². The van der Waals surface area contributed by atoms with Crippen LogP contribution in [-0.2, 0) is 11.2 Å². The molecular formula is C17H26FNO. The van der Waals surface area contributed by atoms with Gasteiger partial charge in [-0.05, 0) is 34.9 Å². The van der Waals surface area contributed by atoms with E-state index in [0.29, 0.717) is 6.42 Å². The van der Waals surface area contributed by atoms with Crippen LogP contribution in [-0.4, -0.2) is 5.91 Å². The Kier molecular flexibility index (Phi) is 4.95. The summed E-state index contributed by atoms with van der Waals surface area (Å²) >= 11 is 0. The number of hydrogen-bond donors (Lipinski definition) is 1. The van der Waals surface area contributed by atoms with E-state index < -0.39 is 0 Å². The summed E-state index contributed by atoms with van der Waals surface area (Å²) in [4.78, 5) is 11.8. The van der Waals surface area contributed by atoms with Gasteiger partial charge in [0.25, 0.3) is 0 Å². The Morgan fingerprint density at radius 1 is 1.10 bits per heavy atom. The van der Waals surface area contributed by atoms with Crippen LogP contribution in [0, 0.1) is 16.6 Å². The minimum absolute atomic E-state index is 0.104. The molecule has 0 saturated heterocycles. The molecule has 0 aliphatic carbocycles. The van der Waals surface area contributed by atoms with Crippen molar-refractivity contribution in [2.75, 3.05) is 5.32 Å². The summed E-state index contributed by atoms with van der Waals surface area (Å²) in [6.07, 6.45) is 1.18. The first-order valence-corrected chi connectivity index (χ1v) is 7.05. The lowest BCUT2D eigenvalue weighted by molar-refractivity contribution is -0.117. The number of benzene rings is 1. The number of hydrogen-bond acceptors (Lipinski definition) is 1. The molecule has 3 heteroatoms. The summed E-state index contributed by atoms with van der Waals surface area (Å²) < 4.78 is 14.0. The van der Waals surface area contributed by atoms with E-state index in [9.17, 15) is 9.18 Å². The fourth-order valence-electron chi connectivity index (χ4n) is 2.06. The molecule has 1 N–H and O–H groups in total. The van der Waals surface area contributed by atoms with Crippen molar-refractivity contribution >= 4 is 11.6 Å². The van der Waals surface area contributed by atoms with Crippen LogP contribution < -0.4 is 5.32 Å². The van der Waals surface area contributed by atoms with E-state index >= 15 is 0 Å². The first kappa shape index (κ1) is 16.7. The van der Waals surface area contributed by atoms with Gasteiger partial charge < -0.3 is 5.32 Å². The second kappa shape index (κ2) is 5.94. The van der Waals surface area contributed by atoms with Gasteiger partial charge in [0, 0.05) is 6.42 Å². The van der Waals surface area contributed by atoms with Gasteiger partial charge in [0.15, 0.2) is 0 Å². The maximum Gasteiger partial charge on any atom is 0.224 e. The number of nitrogens with one attached hydrogen (secondary N) is 1. The second-order valence-electron chi connectivity index (χ2n) is 7.84. The Bertz CT molecular complexity index is 481. The lowest BCUT2D eigenvalue weighted by atomic mass is 9.88. The van der Waals surface area contributed by atoms with Gasteiger partial charge in [-0.25, -0.2) is 4.39 Å². The first-order valence-electron chi connectivity index (χ1n) is 7.05. The van der Waals surface area contributed by atoms with Crippen molar-refractivity contribution in [1.82, 2.24) is 0 Å². The molecule has 0 fully saturated rings. The highest BCUT2D eigenvalue weighted by atomic mass is 19.1. The van der Waals surface area contributed by atoms with Crippen LogP contribution in [0.3, 0.4) is 0 Å². The van der Waals surface area contributed by atoms with Gasteiger partial charge in [-0.15, -0.1) is 0 Å². The van der Waals surface area contributed by atoms with Gasteiger partial charge in [0.2, 0.25) is 5.91 Å². The molecule has 0 bridgehead atoms. The molecule has 20 heavy (non-hydrogen) atoms. The molecule has 1 amide bonds. The number of halogens is 1. The number of rotatable bonds is 3. The first-order chi connectivity index (χ1) is 8.96. The van der Waals surface area contributed by atoms with E-state index in [1.165, 1.54) is 6.07 Å². The van der Waals surface area contributed by atoms with E-state index in [-0.39, 0.29) is 28.2 Å². The van der Waals surface area contributed by atoms with Crippen LogP contribution >= 0.6 is 0 Å². The highest BCUT2D eigenvalue weighted by molar-refractivity contribution is 5.91. The summed E-state index contributed by atoms with van der Waals surface area (Å²) in [6.45, 7) is 12.3. The van der Waals surface area contributed by atoms with E-state index in [1.807, 2.05) is 26.8 Å². The third-order valence-corrected chi connectivity index (χ3v) is 2.73. The standard InChI is InChI=1S/C17H26FNO/c1-16(2,3)10-12-7-8-14(13(18)9-12)19-15(20)11-17(4,5)6/h7-9H,10-11H2,1-6H3,(H,19,20). The normalized spacial score (nSPS) is 12.3. The van der Waals surface area contributed by atoms with Gasteiger partial charge in [-0.3, -0.25) is 4.79 Å². The van der Waals surface area contributed by atoms with Crippen LogP contribution in [0.4, 0.5) is 10.1 Å². The Labute approximate surface area is 121 Å². The smallest absolute Gasteiger partial charge is 0.224 e. The van der Waals surface area contributed by atoms with Crippen molar-refractivity contribution in [3.8, 4) is 0 Å². The molecule has 0 spiro atoms. The van der Waals surface area contributed by atoms with Crippen molar-refractivity contribution in [1.29, 1.82) is 0 Å². The van der Waals surface area contributed by atoms with Crippen LogP contribution in [0.2, 0.25) is 0 Å². The molecular weight excluding hydrogens is 253 g/mol. The van der Waals surface area contributed by atoms with Gasteiger partial charge >= 0.3 is 0 Å². The third kappa shape index (κ3) is 6.18. The fourth-order valence-corrected chi connectivity index (χ4v) is 2.06. The van der Waals surface area contributed by atoms with Crippen molar-refractivity contribution in [2.45, 2.75) is 54.4 Å². The minimum atomic E-state index is -0.367. The molecule has 1 aromatic rings. The van der Waals surface area contributed by atoms with Crippen LogP contribution in [0.5, 0.6) is 0 Å². The Hall–Kier alpha value is -1.38. The van der Waals surface area contributed by atoms with Gasteiger partial charge in [0.1, 0.15) is 5.82 Å². The summed E-state index contributed by atoms with van der Waals surface area (Å²) in [7, 11) is 0. The molecule has 0 saturated carbocycles. The molecule has 0 radical (unpaired) electrons. The van der Waals surface area contributed by atoms with Crippen molar-refractivity contribution in [2.24, 2.45) is 10.8 Å². The summed E-state index contributed by atoms with van der Waals surface area (Å²) in [5.74, 6) is -0.519. The Balaban J connectivity index is 2.76. The molecule has 0 unspecified atom stereocenters. The Morgan fingerprint density at radius 3 is 2.15 bits per heavy atom. The lowest BCUT2D eigenvalue weighted by Gasteiger charge is -2.19. The zero-order valence-corrected chi connectivity index (χ0v) is 13.4. The monoisotopic (exact) mass is 279 g/mol. The van der Waals surface area contributed by atoms with Gasteiger partial charge in [-0.2, -0.15) is 0 Å². The Morgan fingerprint density at radius 2 is 1.70 bits per heavy atom. The maximum atomic E-state index is 14.0. The van der Waals surface area contributed by atoms with E-state index in [1.54, 1.807) is 6.07 Å². The SMILES string of the molecule is CC(C)(C)CC(=O)Nc1ccc(CC(C)(C)C)cc1F. The maximum absolute atomic E-state index is 14.0. The van der Waals surface area contributed by atoms with Crippen molar-refractivity contribution in [3.05, 3.63) is 29.6 Å².